The average molecular weight is 640 g/mol. The first-order chi connectivity index (χ1) is 21.8. The fourth-order valence-electron chi connectivity index (χ4n) is 5.16. The van der Waals surface area contributed by atoms with Gasteiger partial charge in [-0.3, -0.25) is 19.3 Å². The third-order valence-electron chi connectivity index (χ3n) is 7.57. The maximum Gasteiger partial charge on any atom is 0.323 e. The summed E-state index contributed by atoms with van der Waals surface area (Å²) in [6.07, 6.45) is 7.41. The van der Waals surface area contributed by atoms with Gasteiger partial charge in [-0.05, 0) is 69.7 Å². The number of nitrogens with zero attached hydrogens (tertiary/aromatic N) is 3. The lowest BCUT2D eigenvalue weighted by molar-refractivity contribution is -0.153. The molecule has 1 amide bonds. The van der Waals surface area contributed by atoms with E-state index in [0.717, 1.165) is 12.8 Å². The molecule has 2 fully saturated rings. The van der Waals surface area contributed by atoms with E-state index in [1.165, 1.54) is 30.6 Å². The van der Waals surface area contributed by atoms with Gasteiger partial charge in [-0.2, -0.15) is 0 Å². The van der Waals surface area contributed by atoms with E-state index >= 15 is 0 Å². The molecular weight excluding hydrogens is 605 g/mol. The van der Waals surface area contributed by atoms with Crippen LogP contribution in [0.25, 0.3) is 10.9 Å². The molecule has 1 aliphatic carbocycles. The van der Waals surface area contributed by atoms with E-state index in [1.54, 1.807) is 37.0 Å². The molecule has 2 unspecified atom stereocenters. The van der Waals surface area contributed by atoms with Gasteiger partial charge in [0, 0.05) is 29.8 Å². The molecule has 1 aromatic heterocycles. The van der Waals surface area contributed by atoms with Crippen molar-refractivity contribution in [3.05, 3.63) is 59.7 Å². The summed E-state index contributed by atoms with van der Waals surface area (Å²) in [5, 5.41) is 6.56. The van der Waals surface area contributed by atoms with Crippen LogP contribution in [0.2, 0.25) is 5.02 Å². The Bertz CT molecular complexity index is 1570. The van der Waals surface area contributed by atoms with Crippen molar-refractivity contribution in [2.24, 2.45) is 5.92 Å². The second-order valence-corrected chi connectivity index (χ2v) is 11.2. The number of esters is 2. The van der Waals surface area contributed by atoms with Gasteiger partial charge in [0.25, 0.3) is 0 Å². The Labute approximate surface area is 265 Å². The number of ether oxygens (including phenoxy) is 3. The maximum absolute atomic E-state index is 13.7. The van der Waals surface area contributed by atoms with Crippen molar-refractivity contribution in [1.82, 2.24) is 14.9 Å². The average Bonchev–Trinajstić information content (AvgIpc) is 3.75. The number of rotatable bonds is 13. The van der Waals surface area contributed by atoms with Crippen LogP contribution in [-0.2, 0) is 23.9 Å². The summed E-state index contributed by atoms with van der Waals surface area (Å²) in [4.78, 5) is 48.7. The number of nitrogens with one attached hydrogen (secondary N) is 2. The van der Waals surface area contributed by atoms with Crippen LogP contribution in [0.15, 0.2) is 48.8 Å². The number of hydrogen-bond donors (Lipinski definition) is 2. The first-order valence-corrected chi connectivity index (χ1v) is 15.3. The second kappa shape index (κ2) is 14.7. The van der Waals surface area contributed by atoms with Crippen molar-refractivity contribution >= 4 is 57.5 Å². The van der Waals surface area contributed by atoms with E-state index in [4.69, 9.17) is 25.8 Å². The molecule has 2 atom stereocenters. The highest BCUT2D eigenvalue weighted by molar-refractivity contribution is 6.31. The van der Waals surface area contributed by atoms with Gasteiger partial charge in [-0.1, -0.05) is 17.7 Å². The Morgan fingerprint density at radius 3 is 2.38 bits per heavy atom. The Balaban J connectivity index is 1.36. The fraction of sp³-hybridized carbons (Fsp3) is 0.406. The number of amides is 1. The van der Waals surface area contributed by atoms with E-state index in [2.05, 4.69) is 20.6 Å². The lowest BCUT2D eigenvalue weighted by Crippen LogP contribution is -2.45. The zero-order valence-electron chi connectivity index (χ0n) is 25.1. The molecule has 0 bridgehead atoms. The van der Waals surface area contributed by atoms with Crippen LogP contribution < -0.4 is 15.4 Å². The molecule has 2 aromatic carbocycles. The summed E-state index contributed by atoms with van der Waals surface area (Å²) in [5.74, 6) is -0.461. The van der Waals surface area contributed by atoms with Gasteiger partial charge < -0.3 is 24.8 Å². The summed E-state index contributed by atoms with van der Waals surface area (Å²) < 4.78 is 30.2. The van der Waals surface area contributed by atoms with Crippen molar-refractivity contribution in [1.29, 1.82) is 0 Å². The second-order valence-electron chi connectivity index (χ2n) is 10.8. The van der Waals surface area contributed by atoms with Crippen molar-refractivity contribution in [3.8, 4) is 5.75 Å². The number of carbonyl (C=O) groups is 3. The van der Waals surface area contributed by atoms with Gasteiger partial charge >= 0.3 is 11.9 Å². The molecule has 2 heterocycles. The van der Waals surface area contributed by atoms with Crippen LogP contribution in [0.3, 0.4) is 0 Å². The summed E-state index contributed by atoms with van der Waals surface area (Å²) in [5.41, 5.74) is 1.50. The number of halogens is 2. The third kappa shape index (κ3) is 8.06. The highest BCUT2D eigenvalue weighted by Crippen LogP contribution is 2.36. The summed E-state index contributed by atoms with van der Waals surface area (Å²) in [7, 11) is 0. The summed E-state index contributed by atoms with van der Waals surface area (Å²) >= 11 is 5.96. The standard InChI is InChI=1S/C32H35ClFN5O6/c1-3-43-31(41)26-11-12-27(32(42)44-4-2)39(26)13-5-6-29(40)38-25-15-21-24(16-28(25)45-17-19-7-8-19)35-18-36-30(21)37-20-9-10-23(34)22(33)14-20/h5-6,9-10,14-16,18-19,26-27H,3-4,7-8,11-13,17H2,1-2H3,(H,38,40)(H,35,36,37)/b6-5-. The highest BCUT2D eigenvalue weighted by Gasteiger charge is 2.42. The van der Waals surface area contributed by atoms with Crippen LogP contribution in [0.5, 0.6) is 5.75 Å². The molecule has 0 spiro atoms. The van der Waals surface area contributed by atoms with Crippen LogP contribution in [0.1, 0.15) is 39.5 Å². The largest absolute Gasteiger partial charge is 0.491 e. The minimum atomic E-state index is -0.614. The minimum absolute atomic E-state index is 0.0371. The fourth-order valence-corrected chi connectivity index (χ4v) is 5.34. The normalized spacial score (nSPS) is 18.2. The van der Waals surface area contributed by atoms with E-state index in [1.807, 2.05) is 0 Å². The topological polar surface area (TPSA) is 132 Å². The van der Waals surface area contributed by atoms with Crippen molar-refractivity contribution in [3.63, 3.8) is 0 Å². The number of likely N-dealkylation sites (tertiary alicyclic amines) is 1. The molecule has 238 valence electrons. The van der Waals surface area contributed by atoms with Gasteiger partial charge in [0.15, 0.2) is 0 Å². The number of aromatic nitrogens is 2. The predicted molar refractivity (Wildman–Crippen MR) is 167 cm³/mol. The van der Waals surface area contributed by atoms with Gasteiger partial charge in [-0.25, -0.2) is 14.4 Å². The summed E-state index contributed by atoms with van der Waals surface area (Å²) in [6.45, 7) is 4.57. The quantitative estimate of drug-likeness (QED) is 0.185. The Kier molecular flexibility index (Phi) is 10.5. The Morgan fingerprint density at radius 1 is 1.02 bits per heavy atom. The molecule has 13 heteroatoms. The van der Waals surface area contributed by atoms with E-state index in [9.17, 15) is 18.8 Å². The number of anilines is 3. The molecule has 45 heavy (non-hydrogen) atoms. The number of benzene rings is 2. The molecule has 2 aliphatic rings. The van der Waals surface area contributed by atoms with Crippen LogP contribution in [0, 0.1) is 11.7 Å². The van der Waals surface area contributed by atoms with E-state index in [-0.39, 0.29) is 24.8 Å². The number of carbonyl (C=O) groups excluding carboxylic acids is 3. The van der Waals surface area contributed by atoms with E-state index < -0.39 is 35.7 Å². The molecule has 1 saturated carbocycles. The number of hydrogen-bond acceptors (Lipinski definition) is 10. The molecule has 11 nitrogen and oxygen atoms in total. The van der Waals surface area contributed by atoms with Gasteiger partial charge in [0.1, 0.15) is 35.8 Å². The van der Waals surface area contributed by atoms with Gasteiger partial charge in [0.05, 0.1) is 36.0 Å². The van der Waals surface area contributed by atoms with Crippen LogP contribution in [0.4, 0.5) is 21.6 Å². The lowest BCUT2D eigenvalue weighted by Gasteiger charge is -2.26. The smallest absolute Gasteiger partial charge is 0.323 e. The monoisotopic (exact) mass is 639 g/mol. The molecule has 5 rings (SSSR count). The van der Waals surface area contributed by atoms with E-state index in [0.29, 0.717) is 59.2 Å². The minimum Gasteiger partial charge on any atom is -0.491 e. The molecule has 2 N–H and O–H groups in total. The van der Waals surface area contributed by atoms with Gasteiger partial charge in [0.2, 0.25) is 5.91 Å². The molecule has 3 aromatic rings. The maximum atomic E-state index is 13.7. The molecule has 1 saturated heterocycles. The molecular formula is C32H35ClFN5O6. The van der Waals surface area contributed by atoms with Crippen LogP contribution in [-0.4, -0.2) is 71.2 Å². The Morgan fingerprint density at radius 2 is 1.73 bits per heavy atom. The molecule has 0 radical (unpaired) electrons. The van der Waals surface area contributed by atoms with Gasteiger partial charge in [-0.15, -0.1) is 0 Å². The van der Waals surface area contributed by atoms with Crippen molar-refractivity contribution in [2.45, 2.75) is 51.6 Å². The predicted octanol–water partition coefficient (Wildman–Crippen LogP) is 5.41. The van der Waals surface area contributed by atoms with Crippen molar-refractivity contribution in [2.75, 3.05) is 37.0 Å². The lowest BCUT2D eigenvalue weighted by atomic mass is 10.1. The number of fused-ring (bicyclic) bond motifs is 1. The molecule has 1 aliphatic heterocycles. The third-order valence-corrected chi connectivity index (χ3v) is 7.85. The van der Waals surface area contributed by atoms with Crippen molar-refractivity contribution < 1.29 is 33.0 Å². The zero-order chi connectivity index (χ0) is 31.9. The first-order valence-electron chi connectivity index (χ1n) is 15.0. The highest BCUT2D eigenvalue weighted by atomic mass is 35.5. The first kappa shape index (κ1) is 32.1. The zero-order valence-corrected chi connectivity index (χ0v) is 25.8. The Hall–Kier alpha value is -4.29. The SMILES string of the molecule is CCOC(=O)C1CCC(C(=O)OCC)N1C/C=C\C(=O)Nc1cc2c(Nc3ccc(F)c(Cl)c3)ncnc2cc1OCC1CC1. The van der Waals surface area contributed by atoms with Crippen LogP contribution >= 0.6 is 11.6 Å². The summed E-state index contributed by atoms with van der Waals surface area (Å²) in [6, 6.07) is 6.46.